The summed E-state index contributed by atoms with van der Waals surface area (Å²) in [4.78, 5) is 23.9. The molecule has 1 fully saturated rings. The van der Waals surface area contributed by atoms with Crippen LogP contribution in [0.2, 0.25) is 0 Å². The maximum absolute atomic E-state index is 12.2. The summed E-state index contributed by atoms with van der Waals surface area (Å²) in [6.07, 6.45) is 15.9. The molecule has 29 heavy (non-hydrogen) atoms. The molecule has 1 aromatic heterocycles. The molecular formula is C24H38O5. The van der Waals surface area contributed by atoms with E-state index in [1.807, 2.05) is 0 Å². The SMILES string of the molecule is CCCCC(CCCCCC1CCC1)OC(=O)CCCC(=O)OCc1ccco1. The Morgan fingerprint density at radius 1 is 1.07 bits per heavy atom. The van der Waals surface area contributed by atoms with Crippen LogP contribution in [0.15, 0.2) is 22.8 Å². The molecule has 0 bridgehead atoms. The van der Waals surface area contributed by atoms with Gasteiger partial charge in [-0.15, -0.1) is 0 Å². The normalized spacial score (nSPS) is 14.9. The molecule has 1 unspecified atom stereocenters. The molecule has 0 aromatic carbocycles. The van der Waals surface area contributed by atoms with E-state index in [4.69, 9.17) is 13.9 Å². The number of unbranched alkanes of at least 4 members (excludes halogenated alkanes) is 3. The molecule has 164 valence electrons. The highest BCUT2D eigenvalue weighted by molar-refractivity contribution is 5.72. The third kappa shape index (κ3) is 10.5. The van der Waals surface area contributed by atoms with Gasteiger partial charge in [0.2, 0.25) is 0 Å². The fourth-order valence-corrected chi connectivity index (χ4v) is 3.70. The number of rotatable bonds is 16. The largest absolute Gasteiger partial charge is 0.466 e. The van der Waals surface area contributed by atoms with Crippen molar-refractivity contribution in [1.29, 1.82) is 0 Å². The molecule has 1 aliphatic carbocycles. The average Bonchev–Trinajstić information content (AvgIpc) is 3.19. The van der Waals surface area contributed by atoms with Crippen molar-refractivity contribution < 1.29 is 23.5 Å². The Morgan fingerprint density at radius 3 is 2.55 bits per heavy atom. The van der Waals surface area contributed by atoms with Gasteiger partial charge in [0, 0.05) is 12.8 Å². The smallest absolute Gasteiger partial charge is 0.306 e. The van der Waals surface area contributed by atoms with Gasteiger partial charge in [-0.2, -0.15) is 0 Å². The lowest BCUT2D eigenvalue weighted by atomic mass is 9.81. The van der Waals surface area contributed by atoms with Crippen LogP contribution >= 0.6 is 0 Å². The topological polar surface area (TPSA) is 65.7 Å². The number of esters is 2. The van der Waals surface area contributed by atoms with Crippen molar-refractivity contribution in [2.24, 2.45) is 5.92 Å². The first-order valence-corrected chi connectivity index (χ1v) is 11.5. The standard InChI is InChI=1S/C24H38O5/c1-2-3-13-21(14-6-4-5-10-20-11-7-12-20)29-24(26)17-8-16-23(25)28-19-22-15-9-18-27-22/h9,15,18,20-21H,2-8,10-14,16-17,19H2,1H3. The Balaban J connectivity index is 1.54. The van der Waals surface area contributed by atoms with Gasteiger partial charge >= 0.3 is 11.9 Å². The highest BCUT2D eigenvalue weighted by atomic mass is 16.5. The van der Waals surface area contributed by atoms with E-state index in [1.165, 1.54) is 38.5 Å². The molecule has 0 aliphatic heterocycles. The van der Waals surface area contributed by atoms with Crippen molar-refractivity contribution >= 4 is 11.9 Å². The molecule has 1 atom stereocenters. The molecule has 1 saturated carbocycles. The second kappa shape index (κ2) is 14.2. The first-order chi connectivity index (χ1) is 14.2. The van der Waals surface area contributed by atoms with Gasteiger partial charge < -0.3 is 13.9 Å². The van der Waals surface area contributed by atoms with Crippen LogP contribution in [-0.4, -0.2) is 18.0 Å². The molecule has 0 radical (unpaired) electrons. The summed E-state index contributed by atoms with van der Waals surface area (Å²) < 4.78 is 15.9. The highest BCUT2D eigenvalue weighted by Crippen LogP contribution is 2.31. The van der Waals surface area contributed by atoms with Crippen LogP contribution in [0.1, 0.15) is 103 Å². The van der Waals surface area contributed by atoms with Crippen molar-refractivity contribution in [1.82, 2.24) is 0 Å². The predicted molar refractivity (Wildman–Crippen MR) is 112 cm³/mol. The lowest BCUT2D eigenvalue weighted by molar-refractivity contribution is -0.150. The lowest BCUT2D eigenvalue weighted by Gasteiger charge is -2.25. The van der Waals surface area contributed by atoms with E-state index in [0.29, 0.717) is 12.2 Å². The van der Waals surface area contributed by atoms with Gasteiger partial charge in [-0.05, 0) is 43.7 Å². The van der Waals surface area contributed by atoms with E-state index in [1.54, 1.807) is 18.4 Å². The summed E-state index contributed by atoms with van der Waals surface area (Å²) in [6.45, 7) is 2.29. The van der Waals surface area contributed by atoms with Gasteiger partial charge in [0.15, 0.2) is 0 Å². The summed E-state index contributed by atoms with van der Waals surface area (Å²) in [5.41, 5.74) is 0. The number of carbonyl (C=O) groups excluding carboxylic acids is 2. The second-order valence-electron chi connectivity index (χ2n) is 8.28. The van der Waals surface area contributed by atoms with Crippen molar-refractivity contribution in [3.05, 3.63) is 24.2 Å². The second-order valence-corrected chi connectivity index (χ2v) is 8.28. The molecule has 0 amide bonds. The van der Waals surface area contributed by atoms with E-state index in [-0.39, 0.29) is 37.5 Å². The molecule has 0 saturated heterocycles. The number of furan rings is 1. The molecule has 1 heterocycles. The van der Waals surface area contributed by atoms with Crippen LogP contribution < -0.4 is 0 Å². The van der Waals surface area contributed by atoms with Gasteiger partial charge in [0.25, 0.3) is 0 Å². The van der Waals surface area contributed by atoms with E-state index in [2.05, 4.69) is 6.92 Å². The minimum atomic E-state index is -0.316. The van der Waals surface area contributed by atoms with E-state index >= 15 is 0 Å². The van der Waals surface area contributed by atoms with Gasteiger partial charge in [-0.1, -0.05) is 58.3 Å². The zero-order chi connectivity index (χ0) is 20.7. The number of carbonyl (C=O) groups is 2. The summed E-state index contributed by atoms with van der Waals surface area (Å²) in [5, 5.41) is 0. The highest BCUT2D eigenvalue weighted by Gasteiger charge is 2.17. The minimum absolute atomic E-state index is 0.0251. The van der Waals surface area contributed by atoms with Crippen LogP contribution in [0.3, 0.4) is 0 Å². The average molecular weight is 407 g/mol. The lowest BCUT2D eigenvalue weighted by Crippen LogP contribution is -2.18. The zero-order valence-electron chi connectivity index (χ0n) is 18.0. The first-order valence-electron chi connectivity index (χ1n) is 11.5. The molecule has 5 nitrogen and oxygen atoms in total. The Labute approximate surface area is 175 Å². The van der Waals surface area contributed by atoms with Gasteiger partial charge in [0.05, 0.1) is 6.26 Å². The predicted octanol–water partition coefficient (Wildman–Crippen LogP) is 6.35. The molecule has 0 N–H and O–H groups in total. The molecule has 1 aliphatic rings. The van der Waals surface area contributed by atoms with Crippen LogP contribution in [-0.2, 0) is 25.7 Å². The van der Waals surface area contributed by atoms with Crippen LogP contribution in [0.25, 0.3) is 0 Å². The fourth-order valence-electron chi connectivity index (χ4n) is 3.70. The van der Waals surface area contributed by atoms with Gasteiger partial charge in [-0.25, -0.2) is 0 Å². The third-order valence-corrected chi connectivity index (χ3v) is 5.76. The monoisotopic (exact) mass is 406 g/mol. The summed E-state index contributed by atoms with van der Waals surface area (Å²) >= 11 is 0. The molecule has 2 rings (SSSR count). The third-order valence-electron chi connectivity index (χ3n) is 5.76. The molecule has 0 spiro atoms. The summed E-state index contributed by atoms with van der Waals surface area (Å²) in [6, 6.07) is 3.51. The van der Waals surface area contributed by atoms with E-state index in [9.17, 15) is 9.59 Å². The molecular weight excluding hydrogens is 368 g/mol. The molecule has 5 heteroatoms. The Bertz CT molecular complexity index is 562. The van der Waals surface area contributed by atoms with Crippen molar-refractivity contribution in [2.45, 2.75) is 110 Å². The quantitative estimate of drug-likeness (QED) is 0.236. The van der Waals surface area contributed by atoms with Crippen LogP contribution in [0, 0.1) is 5.92 Å². The summed E-state index contributed by atoms with van der Waals surface area (Å²) in [7, 11) is 0. The van der Waals surface area contributed by atoms with Crippen LogP contribution in [0.4, 0.5) is 0 Å². The number of ether oxygens (including phenoxy) is 2. The van der Waals surface area contributed by atoms with E-state index < -0.39 is 0 Å². The Morgan fingerprint density at radius 2 is 1.86 bits per heavy atom. The maximum Gasteiger partial charge on any atom is 0.306 e. The van der Waals surface area contributed by atoms with Crippen molar-refractivity contribution in [2.75, 3.05) is 0 Å². The number of hydrogen-bond acceptors (Lipinski definition) is 5. The summed E-state index contributed by atoms with van der Waals surface area (Å²) in [5.74, 6) is 1.08. The van der Waals surface area contributed by atoms with Crippen molar-refractivity contribution in [3.8, 4) is 0 Å². The maximum atomic E-state index is 12.2. The minimum Gasteiger partial charge on any atom is -0.466 e. The van der Waals surface area contributed by atoms with E-state index in [0.717, 1.165) is 38.0 Å². The van der Waals surface area contributed by atoms with Gasteiger partial charge in [-0.3, -0.25) is 9.59 Å². The first kappa shape index (κ1) is 23.5. The van der Waals surface area contributed by atoms with Gasteiger partial charge in [0.1, 0.15) is 18.5 Å². The van der Waals surface area contributed by atoms with Crippen LogP contribution in [0.5, 0.6) is 0 Å². The molecule has 1 aromatic rings. The zero-order valence-corrected chi connectivity index (χ0v) is 18.0. The Hall–Kier alpha value is -1.78. The number of hydrogen-bond donors (Lipinski definition) is 0. The fraction of sp³-hybridized carbons (Fsp3) is 0.750. The van der Waals surface area contributed by atoms with Crippen molar-refractivity contribution in [3.63, 3.8) is 0 Å². The Kier molecular flexibility index (Phi) is 11.5.